The number of hydrogen-bond donors (Lipinski definition) is 3. The van der Waals surface area contributed by atoms with Gasteiger partial charge in [-0.25, -0.2) is 19.7 Å². The van der Waals surface area contributed by atoms with E-state index < -0.39 is 24.8 Å². The molecular formula is C20H26F3N9O2. The molecule has 0 aromatic carbocycles. The Bertz CT molecular complexity index is 982. The lowest BCUT2D eigenvalue weighted by atomic mass is 10.3. The van der Waals surface area contributed by atoms with Crippen LogP contribution in [0.15, 0.2) is 35.6 Å². The smallest absolute Gasteiger partial charge is 0.407 e. The molecule has 14 heteroatoms. The summed E-state index contributed by atoms with van der Waals surface area (Å²) in [7, 11) is 0. The highest BCUT2D eigenvalue weighted by atomic mass is 19.4. The van der Waals surface area contributed by atoms with Crippen molar-refractivity contribution >= 4 is 24.0 Å². The predicted molar refractivity (Wildman–Crippen MR) is 120 cm³/mol. The molecule has 1 fully saturated rings. The number of anilines is 2. The maximum atomic E-state index is 12.5. The first kappa shape index (κ1) is 25.0. The number of nitrogens with two attached hydrogens (primary N) is 2. The summed E-state index contributed by atoms with van der Waals surface area (Å²) < 4.78 is 42.6. The van der Waals surface area contributed by atoms with Crippen molar-refractivity contribution in [3.05, 3.63) is 36.3 Å². The van der Waals surface area contributed by atoms with E-state index in [1.165, 1.54) is 0 Å². The first-order chi connectivity index (χ1) is 16.2. The molecular weight excluding hydrogens is 455 g/mol. The number of hydrogen-bond acceptors (Lipinski definition) is 9. The Hall–Kier alpha value is -3.68. The van der Waals surface area contributed by atoms with Crippen molar-refractivity contribution in [2.45, 2.75) is 18.8 Å². The minimum atomic E-state index is -4.41. The summed E-state index contributed by atoms with van der Waals surface area (Å²) in [5.74, 6) is 1.34. The van der Waals surface area contributed by atoms with Gasteiger partial charge in [-0.15, -0.1) is 0 Å². The SMILES string of the molecule is NCC(C=NCC(F)(F)F)NC(=O)N1CCN(c2ncccc2OCc2ccnc(N)n2)CC1. The summed E-state index contributed by atoms with van der Waals surface area (Å²) in [5, 5.41) is 2.60. The average Bonchev–Trinajstić information content (AvgIpc) is 2.81. The van der Waals surface area contributed by atoms with E-state index in [0.29, 0.717) is 43.4 Å². The second-order valence-electron chi connectivity index (χ2n) is 7.39. The molecule has 1 atom stereocenters. The van der Waals surface area contributed by atoms with E-state index in [9.17, 15) is 18.0 Å². The van der Waals surface area contributed by atoms with E-state index in [1.54, 1.807) is 35.5 Å². The fraction of sp³-hybridized carbons (Fsp3) is 0.450. The number of aliphatic imine (C=N–C) groups is 1. The van der Waals surface area contributed by atoms with Gasteiger partial charge in [-0.3, -0.25) is 4.99 Å². The monoisotopic (exact) mass is 481 g/mol. The van der Waals surface area contributed by atoms with Gasteiger partial charge in [0.1, 0.15) is 13.2 Å². The van der Waals surface area contributed by atoms with Crippen molar-refractivity contribution in [1.29, 1.82) is 0 Å². The van der Waals surface area contributed by atoms with E-state index in [1.807, 2.05) is 4.90 Å². The lowest BCUT2D eigenvalue weighted by Crippen LogP contribution is -2.55. The molecule has 34 heavy (non-hydrogen) atoms. The van der Waals surface area contributed by atoms with Crippen molar-refractivity contribution in [3.8, 4) is 5.75 Å². The molecule has 0 saturated carbocycles. The van der Waals surface area contributed by atoms with E-state index in [0.717, 1.165) is 6.21 Å². The molecule has 11 nitrogen and oxygen atoms in total. The molecule has 3 heterocycles. The number of nitrogen functional groups attached to an aromatic ring is 1. The van der Waals surface area contributed by atoms with Gasteiger partial charge in [0.05, 0.1) is 11.7 Å². The van der Waals surface area contributed by atoms with Gasteiger partial charge in [0.25, 0.3) is 0 Å². The van der Waals surface area contributed by atoms with Crippen LogP contribution in [-0.4, -0.2) is 83.6 Å². The molecule has 5 N–H and O–H groups in total. The topological polar surface area (TPSA) is 148 Å². The third-order valence-electron chi connectivity index (χ3n) is 4.84. The molecule has 0 aliphatic carbocycles. The molecule has 2 aromatic heterocycles. The van der Waals surface area contributed by atoms with Gasteiger partial charge < -0.3 is 31.3 Å². The van der Waals surface area contributed by atoms with E-state index >= 15 is 0 Å². The molecule has 0 spiro atoms. The van der Waals surface area contributed by atoms with Crippen LogP contribution >= 0.6 is 0 Å². The van der Waals surface area contributed by atoms with Crippen LogP contribution < -0.4 is 26.4 Å². The third kappa shape index (κ3) is 7.43. The summed E-state index contributed by atoms with van der Waals surface area (Å²) in [4.78, 5) is 31.7. The molecule has 1 saturated heterocycles. The number of carbonyl (C=O) groups excluding carboxylic acids is 1. The minimum Gasteiger partial charge on any atom is -0.483 e. The standard InChI is InChI=1S/C20H26F3N9O2/c21-20(22,23)13-26-11-15(10-24)30-19(33)32-8-6-31(7-9-32)17-16(2-1-4-27-17)34-12-14-3-5-28-18(25)29-14/h1-5,11,15H,6-10,12-13,24H2,(H,30,33)(H2,25,28,29). The van der Waals surface area contributed by atoms with E-state index in [4.69, 9.17) is 16.2 Å². The Kier molecular flexibility index (Phi) is 8.40. The van der Waals surface area contributed by atoms with Gasteiger partial charge in [0.2, 0.25) is 5.95 Å². The van der Waals surface area contributed by atoms with Crippen LogP contribution in [0.5, 0.6) is 5.75 Å². The number of ether oxygens (including phenoxy) is 1. The maximum Gasteiger partial charge on any atom is 0.407 e. The fourth-order valence-electron chi connectivity index (χ4n) is 3.19. The summed E-state index contributed by atoms with van der Waals surface area (Å²) >= 11 is 0. The number of alkyl halides is 3. The van der Waals surface area contributed by atoms with E-state index in [2.05, 4.69) is 25.3 Å². The second kappa shape index (κ2) is 11.4. The Morgan fingerprint density at radius 3 is 2.68 bits per heavy atom. The number of urea groups is 1. The summed E-state index contributed by atoms with van der Waals surface area (Å²) in [5.41, 5.74) is 11.8. The molecule has 1 unspecified atom stereocenters. The molecule has 1 aliphatic heterocycles. The van der Waals surface area contributed by atoms with Crippen molar-refractivity contribution in [2.24, 2.45) is 10.7 Å². The Labute approximate surface area is 194 Å². The fourth-order valence-corrected chi connectivity index (χ4v) is 3.19. The summed E-state index contributed by atoms with van der Waals surface area (Å²) in [6.45, 7) is 0.511. The highest BCUT2D eigenvalue weighted by molar-refractivity contribution is 5.79. The third-order valence-corrected chi connectivity index (χ3v) is 4.84. The van der Waals surface area contributed by atoms with Crippen LogP contribution in [0.3, 0.4) is 0 Å². The number of carbonyl (C=O) groups is 1. The Morgan fingerprint density at radius 2 is 2.00 bits per heavy atom. The van der Waals surface area contributed by atoms with Crippen molar-refractivity contribution in [3.63, 3.8) is 0 Å². The predicted octanol–water partition coefficient (Wildman–Crippen LogP) is 0.825. The first-order valence-electron chi connectivity index (χ1n) is 10.5. The largest absolute Gasteiger partial charge is 0.483 e. The number of amides is 2. The normalized spacial score (nSPS) is 15.4. The van der Waals surface area contributed by atoms with Crippen LogP contribution in [0.4, 0.5) is 29.7 Å². The lowest BCUT2D eigenvalue weighted by molar-refractivity contribution is -0.118. The molecule has 0 radical (unpaired) electrons. The average molecular weight is 481 g/mol. The highest BCUT2D eigenvalue weighted by Crippen LogP contribution is 2.27. The number of aromatic nitrogens is 3. The number of piperazine rings is 1. The molecule has 0 bridgehead atoms. The number of nitrogens with zero attached hydrogens (tertiary/aromatic N) is 6. The van der Waals surface area contributed by atoms with Gasteiger partial charge in [-0.2, -0.15) is 13.2 Å². The van der Waals surface area contributed by atoms with Gasteiger partial charge in [-0.1, -0.05) is 0 Å². The Morgan fingerprint density at radius 1 is 1.24 bits per heavy atom. The minimum absolute atomic E-state index is 0.0698. The van der Waals surface area contributed by atoms with Crippen LogP contribution in [0, 0.1) is 0 Å². The van der Waals surface area contributed by atoms with Gasteiger partial charge in [0, 0.05) is 51.3 Å². The van der Waals surface area contributed by atoms with Gasteiger partial charge >= 0.3 is 12.2 Å². The van der Waals surface area contributed by atoms with Crippen LogP contribution in [0.2, 0.25) is 0 Å². The number of pyridine rings is 1. The number of rotatable bonds is 8. The van der Waals surface area contributed by atoms with E-state index in [-0.39, 0.29) is 19.1 Å². The van der Waals surface area contributed by atoms with Crippen LogP contribution in [0.25, 0.3) is 0 Å². The van der Waals surface area contributed by atoms with Crippen molar-refractivity contribution in [2.75, 3.05) is 49.9 Å². The van der Waals surface area contributed by atoms with Crippen LogP contribution in [0.1, 0.15) is 5.69 Å². The zero-order chi connectivity index (χ0) is 24.6. The van der Waals surface area contributed by atoms with Gasteiger partial charge in [0.15, 0.2) is 11.6 Å². The van der Waals surface area contributed by atoms with Crippen molar-refractivity contribution < 1.29 is 22.7 Å². The zero-order valence-electron chi connectivity index (χ0n) is 18.3. The number of nitrogens with one attached hydrogen (secondary N) is 1. The molecule has 2 amide bonds. The highest BCUT2D eigenvalue weighted by Gasteiger charge is 2.27. The second-order valence-corrected chi connectivity index (χ2v) is 7.39. The van der Waals surface area contributed by atoms with Gasteiger partial charge in [-0.05, 0) is 18.2 Å². The molecule has 184 valence electrons. The van der Waals surface area contributed by atoms with Crippen LogP contribution in [-0.2, 0) is 6.61 Å². The molecule has 3 rings (SSSR count). The number of halogens is 3. The quantitative estimate of drug-likeness (QED) is 0.470. The zero-order valence-corrected chi connectivity index (χ0v) is 18.3. The maximum absolute atomic E-state index is 12.5. The summed E-state index contributed by atoms with van der Waals surface area (Å²) in [6.07, 6.45) is -0.195. The summed E-state index contributed by atoms with van der Waals surface area (Å²) in [6, 6.07) is 4.03. The molecule has 1 aliphatic rings. The molecule has 2 aromatic rings. The first-order valence-corrected chi connectivity index (χ1v) is 10.5. The van der Waals surface area contributed by atoms with Crippen molar-refractivity contribution in [1.82, 2.24) is 25.2 Å². The lowest BCUT2D eigenvalue weighted by Gasteiger charge is -2.36. The Balaban J connectivity index is 1.53.